The molecule has 0 spiro atoms. The van der Waals surface area contributed by atoms with Crippen molar-refractivity contribution in [1.82, 2.24) is 9.97 Å². The Labute approximate surface area is 129 Å². The third-order valence-corrected chi connectivity index (χ3v) is 5.00. The molecule has 0 amide bonds. The molecule has 1 aliphatic rings. The topological polar surface area (TPSA) is 61.0 Å². The highest BCUT2D eigenvalue weighted by Crippen LogP contribution is 2.39. The number of fused-ring (bicyclic) bond motifs is 1. The Kier molecular flexibility index (Phi) is 3.88. The van der Waals surface area contributed by atoms with E-state index in [1.807, 2.05) is 11.4 Å². The second-order valence-electron chi connectivity index (χ2n) is 7.01. The second-order valence-corrected chi connectivity index (χ2v) is 7.91. The fourth-order valence-electron chi connectivity index (χ4n) is 3.57. The quantitative estimate of drug-likeness (QED) is 0.931. The Morgan fingerprint density at radius 1 is 1.38 bits per heavy atom. The normalized spacial score (nSPS) is 25.3. The standard InChI is InChI=1S/C16H23N3OS/c1-10-6-11(8-16(2,3)7-10)20-9-13-18-14(17)12-4-5-21-15(12)19-13/h4-5,10-11H,6-9H2,1-3H3,(H2,17,18,19). The van der Waals surface area contributed by atoms with Gasteiger partial charge in [-0.25, -0.2) is 9.97 Å². The Hall–Kier alpha value is -1.20. The molecule has 2 unspecified atom stereocenters. The molecule has 2 N–H and O–H groups in total. The summed E-state index contributed by atoms with van der Waals surface area (Å²) in [4.78, 5) is 9.84. The van der Waals surface area contributed by atoms with Crippen LogP contribution in [-0.4, -0.2) is 16.1 Å². The number of thiophene rings is 1. The SMILES string of the molecule is CC1CC(OCc2nc(N)c3ccsc3n2)CC(C)(C)C1. The van der Waals surface area contributed by atoms with Crippen molar-refractivity contribution in [2.75, 3.05) is 5.73 Å². The zero-order valence-corrected chi connectivity index (χ0v) is 13.7. The van der Waals surface area contributed by atoms with E-state index in [4.69, 9.17) is 10.5 Å². The zero-order valence-electron chi connectivity index (χ0n) is 12.9. The van der Waals surface area contributed by atoms with Crippen LogP contribution in [0.25, 0.3) is 10.2 Å². The number of ether oxygens (including phenoxy) is 1. The summed E-state index contributed by atoms with van der Waals surface area (Å²) < 4.78 is 6.08. The largest absolute Gasteiger partial charge is 0.383 e. The maximum atomic E-state index is 6.08. The van der Waals surface area contributed by atoms with Gasteiger partial charge in [0, 0.05) is 0 Å². The van der Waals surface area contributed by atoms with Crippen molar-refractivity contribution in [3.8, 4) is 0 Å². The Morgan fingerprint density at radius 2 is 2.19 bits per heavy atom. The van der Waals surface area contributed by atoms with Crippen molar-refractivity contribution in [2.45, 2.75) is 52.7 Å². The van der Waals surface area contributed by atoms with Gasteiger partial charge < -0.3 is 10.5 Å². The maximum Gasteiger partial charge on any atom is 0.158 e. The molecule has 5 heteroatoms. The first-order valence-corrected chi connectivity index (χ1v) is 8.42. The predicted molar refractivity (Wildman–Crippen MR) is 87.2 cm³/mol. The molecule has 0 bridgehead atoms. The Balaban J connectivity index is 1.68. The van der Waals surface area contributed by atoms with Gasteiger partial charge in [-0.15, -0.1) is 11.3 Å². The fourth-order valence-corrected chi connectivity index (χ4v) is 4.36. The third-order valence-electron chi connectivity index (χ3n) is 4.20. The summed E-state index contributed by atoms with van der Waals surface area (Å²) in [5, 5.41) is 2.93. The smallest absolute Gasteiger partial charge is 0.158 e. The van der Waals surface area contributed by atoms with Crippen LogP contribution in [0.4, 0.5) is 5.82 Å². The molecule has 1 saturated carbocycles. The fraction of sp³-hybridized carbons (Fsp3) is 0.625. The van der Waals surface area contributed by atoms with Gasteiger partial charge in [0.15, 0.2) is 5.82 Å². The van der Waals surface area contributed by atoms with Gasteiger partial charge in [-0.1, -0.05) is 20.8 Å². The zero-order chi connectivity index (χ0) is 15.0. The lowest BCUT2D eigenvalue weighted by Crippen LogP contribution is -2.32. The first kappa shape index (κ1) is 14.7. The van der Waals surface area contributed by atoms with E-state index in [2.05, 4.69) is 30.7 Å². The van der Waals surface area contributed by atoms with Gasteiger partial charge in [0.05, 0.1) is 11.5 Å². The van der Waals surface area contributed by atoms with E-state index in [1.54, 1.807) is 11.3 Å². The monoisotopic (exact) mass is 305 g/mol. The summed E-state index contributed by atoms with van der Waals surface area (Å²) in [6.45, 7) is 7.41. The summed E-state index contributed by atoms with van der Waals surface area (Å²) in [6, 6.07) is 1.96. The molecule has 1 fully saturated rings. The average molecular weight is 305 g/mol. The van der Waals surface area contributed by atoms with Crippen molar-refractivity contribution in [3.05, 3.63) is 17.3 Å². The van der Waals surface area contributed by atoms with Gasteiger partial charge in [0.25, 0.3) is 0 Å². The van der Waals surface area contributed by atoms with Gasteiger partial charge in [-0.2, -0.15) is 0 Å². The third kappa shape index (κ3) is 3.35. The van der Waals surface area contributed by atoms with Crippen molar-refractivity contribution in [1.29, 1.82) is 0 Å². The van der Waals surface area contributed by atoms with Gasteiger partial charge in [-0.05, 0) is 42.0 Å². The van der Waals surface area contributed by atoms with Crippen LogP contribution in [0.3, 0.4) is 0 Å². The molecule has 2 aromatic rings. The van der Waals surface area contributed by atoms with Crippen LogP contribution in [0.1, 0.15) is 45.9 Å². The summed E-state index contributed by atoms with van der Waals surface area (Å²) in [5.74, 6) is 1.96. The first-order valence-electron chi connectivity index (χ1n) is 7.54. The molecule has 2 heterocycles. The van der Waals surface area contributed by atoms with E-state index in [0.717, 1.165) is 23.1 Å². The average Bonchev–Trinajstić information content (AvgIpc) is 2.82. The lowest BCUT2D eigenvalue weighted by Gasteiger charge is -2.38. The summed E-state index contributed by atoms with van der Waals surface area (Å²) in [5.41, 5.74) is 6.34. The summed E-state index contributed by atoms with van der Waals surface area (Å²) >= 11 is 1.59. The van der Waals surface area contributed by atoms with Crippen LogP contribution >= 0.6 is 11.3 Å². The molecule has 1 aliphatic carbocycles. The van der Waals surface area contributed by atoms with Crippen LogP contribution in [0.15, 0.2) is 11.4 Å². The minimum Gasteiger partial charge on any atom is -0.383 e. The van der Waals surface area contributed by atoms with Crippen LogP contribution in [-0.2, 0) is 11.3 Å². The van der Waals surface area contributed by atoms with Crippen molar-refractivity contribution in [3.63, 3.8) is 0 Å². The molecule has 21 heavy (non-hydrogen) atoms. The molecule has 2 atom stereocenters. The molecule has 3 rings (SSSR count). The van der Waals surface area contributed by atoms with E-state index in [9.17, 15) is 0 Å². The number of hydrogen-bond acceptors (Lipinski definition) is 5. The van der Waals surface area contributed by atoms with E-state index in [0.29, 0.717) is 35.7 Å². The number of anilines is 1. The van der Waals surface area contributed by atoms with Crippen LogP contribution in [0.5, 0.6) is 0 Å². The van der Waals surface area contributed by atoms with Crippen molar-refractivity contribution < 1.29 is 4.74 Å². The van der Waals surface area contributed by atoms with Gasteiger partial charge in [0.1, 0.15) is 17.3 Å². The van der Waals surface area contributed by atoms with Crippen molar-refractivity contribution >= 4 is 27.4 Å². The number of rotatable bonds is 3. The number of aromatic nitrogens is 2. The van der Waals surface area contributed by atoms with E-state index >= 15 is 0 Å². The molecule has 0 aromatic carbocycles. The van der Waals surface area contributed by atoms with Crippen LogP contribution < -0.4 is 5.73 Å². The van der Waals surface area contributed by atoms with Gasteiger partial charge in [-0.3, -0.25) is 0 Å². The highest BCUT2D eigenvalue weighted by atomic mass is 32.1. The number of nitrogen functional groups attached to an aromatic ring is 1. The second kappa shape index (κ2) is 5.54. The Morgan fingerprint density at radius 3 is 2.95 bits per heavy atom. The molecule has 0 saturated heterocycles. The summed E-state index contributed by atoms with van der Waals surface area (Å²) in [6.07, 6.45) is 3.80. The van der Waals surface area contributed by atoms with E-state index in [1.165, 1.54) is 6.42 Å². The number of nitrogens with two attached hydrogens (primary N) is 1. The first-order chi connectivity index (χ1) is 9.93. The van der Waals surface area contributed by atoms with Gasteiger partial charge >= 0.3 is 0 Å². The lowest BCUT2D eigenvalue weighted by molar-refractivity contribution is -0.0337. The predicted octanol–water partition coefficient (Wildman–Crippen LogP) is 4.00. The van der Waals surface area contributed by atoms with E-state index in [-0.39, 0.29) is 0 Å². The minimum absolute atomic E-state index is 0.299. The number of nitrogens with zero attached hydrogens (tertiary/aromatic N) is 2. The highest BCUT2D eigenvalue weighted by Gasteiger charge is 2.32. The molecule has 4 nitrogen and oxygen atoms in total. The Bertz CT molecular complexity index is 637. The number of hydrogen-bond donors (Lipinski definition) is 1. The molecular formula is C16H23N3OS. The molecule has 114 valence electrons. The minimum atomic E-state index is 0.299. The van der Waals surface area contributed by atoms with Crippen molar-refractivity contribution in [2.24, 2.45) is 11.3 Å². The highest BCUT2D eigenvalue weighted by molar-refractivity contribution is 7.16. The van der Waals surface area contributed by atoms with E-state index < -0.39 is 0 Å². The molecule has 0 radical (unpaired) electrons. The van der Waals surface area contributed by atoms with Crippen LogP contribution in [0, 0.1) is 11.3 Å². The maximum absolute atomic E-state index is 6.08. The van der Waals surface area contributed by atoms with Crippen LogP contribution in [0.2, 0.25) is 0 Å². The molecule has 0 aliphatic heterocycles. The molecular weight excluding hydrogens is 282 g/mol. The van der Waals surface area contributed by atoms with Gasteiger partial charge in [0.2, 0.25) is 0 Å². The lowest BCUT2D eigenvalue weighted by atomic mass is 9.71. The summed E-state index contributed by atoms with van der Waals surface area (Å²) in [7, 11) is 0. The molecule has 2 aromatic heterocycles.